The number of rotatable bonds is 5. The highest BCUT2D eigenvalue weighted by Crippen LogP contribution is 2.44. The summed E-state index contributed by atoms with van der Waals surface area (Å²) in [7, 11) is 0.573. The van der Waals surface area contributed by atoms with Crippen LogP contribution >= 0.6 is 8.58 Å². The van der Waals surface area contributed by atoms with E-state index in [1.165, 1.54) is 19.3 Å². The summed E-state index contributed by atoms with van der Waals surface area (Å²) in [6.45, 7) is 17.3. The van der Waals surface area contributed by atoms with Crippen LogP contribution in [0.5, 0.6) is 0 Å². The van der Waals surface area contributed by atoms with Crippen molar-refractivity contribution in [2.75, 3.05) is 6.66 Å². The quantitative estimate of drug-likeness (QED) is 0.512. The molecule has 0 aromatic heterocycles. The summed E-state index contributed by atoms with van der Waals surface area (Å²) in [6.07, 6.45) is 4.52. The average Bonchev–Trinajstić information content (AvgIpc) is 2.73. The van der Waals surface area contributed by atoms with E-state index in [0.717, 1.165) is 12.3 Å². The van der Waals surface area contributed by atoms with Crippen molar-refractivity contribution in [2.24, 2.45) is 17.3 Å². The van der Waals surface area contributed by atoms with E-state index in [4.69, 9.17) is 4.74 Å². The van der Waals surface area contributed by atoms with Crippen LogP contribution in [0.2, 0.25) is 0 Å². The lowest BCUT2D eigenvalue weighted by Crippen LogP contribution is -2.44. The van der Waals surface area contributed by atoms with Crippen molar-refractivity contribution in [1.29, 1.82) is 0 Å². The second kappa shape index (κ2) is 6.57. The zero-order valence-corrected chi connectivity index (χ0v) is 16.3. The minimum Gasteiger partial charge on any atom is -0.459 e. The first-order valence-corrected chi connectivity index (χ1v) is 9.82. The molecule has 0 aromatic carbocycles. The zero-order valence-electron chi connectivity index (χ0n) is 15.3. The Hall–Kier alpha value is -0.100. The molecule has 2 nitrogen and oxygen atoms in total. The van der Waals surface area contributed by atoms with E-state index >= 15 is 0 Å². The third kappa shape index (κ3) is 5.23. The molecule has 4 unspecified atom stereocenters. The van der Waals surface area contributed by atoms with Gasteiger partial charge in [-0.25, -0.2) is 0 Å². The minimum absolute atomic E-state index is 0.00260. The molecule has 0 bridgehead atoms. The molecule has 4 atom stereocenters. The largest absolute Gasteiger partial charge is 0.459 e. The maximum atomic E-state index is 12.8. The average molecular weight is 314 g/mol. The molecule has 0 amide bonds. The van der Waals surface area contributed by atoms with Gasteiger partial charge in [0.15, 0.2) is 0 Å². The van der Waals surface area contributed by atoms with Crippen molar-refractivity contribution >= 4 is 14.6 Å². The maximum Gasteiger partial charge on any atom is 0.316 e. The summed E-state index contributed by atoms with van der Waals surface area (Å²) in [5.74, 6) is 1.28. The van der Waals surface area contributed by atoms with Crippen molar-refractivity contribution in [3.63, 3.8) is 0 Å². The molecule has 0 aromatic rings. The lowest BCUT2D eigenvalue weighted by molar-refractivity contribution is -0.165. The van der Waals surface area contributed by atoms with Gasteiger partial charge in [0.2, 0.25) is 0 Å². The summed E-state index contributed by atoms with van der Waals surface area (Å²) in [5.41, 5.74) is -0.191. The number of carbonyl (C=O) groups is 1. The lowest BCUT2D eigenvalue weighted by atomic mass is 9.84. The first kappa shape index (κ1) is 18.9. The van der Waals surface area contributed by atoms with Crippen molar-refractivity contribution in [1.82, 2.24) is 0 Å². The van der Waals surface area contributed by atoms with Gasteiger partial charge in [-0.1, -0.05) is 34.1 Å². The molecule has 0 radical (unpaired) electrons. The van der Waals surface area contributed by atoms with Crippen molar-refractivity contribution in [3.05, 3.63) is 0 Å². The molecule has 0 saturated heterocycles. The van der Waals surface area contributed by atoms with Gasteiger partial charge in [-0.05, 0) is 63.9 Å². The van der Waals surface area contributed by atoms with Crippen LogP contribution in [0.25, 0.3) is 0 Å². The van der Waals surface area contributed by atoms with Gasteiger partial charge in [-0.2, -0.15) is 0 Å². The zero-order chi connectivity index (χ0) is 16.5. The van der Waals surface area contributed by atoms with Crippen molar-refractivity contribution in [2.45, 2.75) is 84.9 Å². The highest BCUT2D eigenvalue weighted by molar-refractivity contribution is 7.40. The molecule has 0 spiro atoms. The third-order valence-corrected chi connectivity index (χ3v) is 6.40. The molecule has 1 aliphatic rings. The Morgan fingerprint density at radius 3 is 2.10 bits per heavy atom. The Kier molecular flexibility index (Phi) is 5.93. The standard InChI is InChI=1S/C18H35O2P/c1-13-9-10-14(11-13)17(5,6)20-15(19)18(7,21-8)12-16(2,3)4/h13-14,21H,9-12H2,1-8H3. The van der Waals surface area contributed by atoms with E-state index in [9.17, 15) is 4.79 Å². The molecular weight excluding hydrogens is 279 g/mol. The molecule has 1 rings (SSSR count). The van der Waals surface area contributed by atoms with E-state index in [1.54, 1.807) is 0 Å². The predicted octanol–water partition coefficient (Wildman–Crippen LogP) is 5.25. The van der Waals surface area contributed by atoms with Crippen molar-refractivity contribution in [3.8, 4) is 0 Å². The fraction of sp³-hybridized carbons (Fsp3) is 0.944. The highest BCUT2D eigenvalue weighted by Gasteiger charge is 2.43. The molecule has 0 aliphatic heterocycles. The van der Waals surface area contributed by atoms with Crippen LogP contribution in [-0.2, 0) is 9.53 Å². The number of hydrogen-bond acceptors (Lipinski definition) is 2. The fourth-order valence-electron chi connectivity index (χ4n) is 3.60. The Balaban J connectivity index is 2.77. The number of hydrogen-bond donors (Lipinski definition) is 0. The van der Waals surface area contributed by atoms with Crippen molar-refractivity contribution < 1.29 is 9.53 Å². The van der Waals surface area contributed by atoms with Gasteiger partial charge in [0.05, 0.1) is 5.16 Å². The normalized spacial score (nSPS) is 27.0. The van der Waals surface area contributed by atoms with Crippen LogP contribution in [-0.4, -0.2) is 23.4 Å². The summed E-state index contributed by atoms with van der Waals surface area (Å²) in [4.78, 5) is 12.8. The number of carbonyl (C=O) groups excluding carboxylic acids is 1. The second-order valence-corrected chi connectivity index (χ2v) is 10.5. The predicted molar refractivity (Wildman–Crippen MR) is 93.4 cm³/mol. The minimum atomic E-state index is -0.347. The smallest absolute Gasteiger partial charge is 0.316 e. The lowest BCUT2D eigenvalue weighted by Gasteiger charge is -2.38. The Morgan fingerprint density at radius 1 is 1.14 bits per heavy atom. The molecular formula is C18H35O2P. The van der Waals surface area contributed by atoms with E-state index < -0.39 is 0 Å². The monoisotopic (exact) mass is 314 g/mol. The van der Waals surface area contributed by atoms with Gasteiger partial charge < -0.3 is 4.74 Å². The molecule has 1 aliphatic carbocycles. The molecule has 0 heterocycles. The van der Waals surface area contributed by atoms with Gasteiger partial charge in [0.1, 0.15) is 5.60 Å². The SMILES string of the molecule is CPC(C)(CC(C)(C)C)C(=O)OC(C)(C)C1CCC(C)C1. The van der Waals surface area contributed by atoms with Gasteiger partial charge in [0, 0.05) is 0 Å². The summed E-state index contributed by atoms with van der Waals surface area (Å²) in [5, 5.41) is -0.347. The fourth-order valence-corrected chi connectivity index (χ4v) is 4.56. The summed E-state index contributed by atoms with van der Waals surface area (Å²) in [6, 6.07) is 0. The maximum absolute atomic E-state index is 12.8. The number of ether oxygens (including phenoxy) is 1. The number of esters is 1. The van der Waals surface area contributed by atoms with Crippen LogP contribution in [0.15, 0.2) is 0 Å². The summed E-state index contributed by atoms with van der Waals surface area (Å²) >= 11 is 0. The topological polar surface area (TPSA) is 26.3 Å². The molecule has 0 N–H and O–H groups in total. The molecule has 124 valence electrons. The summed E-state index contributed by atoms with van der Waals surface area (Å²) < 4.78 is 6.04. The molecule has 1 fully saturated rings. The van der Waals surface area contributed by atoms with Crippen LogP contribution in [0.1, 0.15) is 74.1 Å². The molecule has 1 saturated carbocycles. The van der Waals surface area contributed by atoms with E-state index in [1.807, 2.05) is 0 Å². The molecule has 3 heteroatoms. The van der Waals surface area contributed by atoms with Crippen LogP contribution in [0, 0.1) is 17.3 Å². The molecule has 21 heavy (non-hydrogen) atoms. The van der Waals surface area contributed by atoms with E-state index in [-0.39, 0.29) is 22.1 Å². The van der Waals surface area contributed by atoms with Gasteiger partial charge in [-0.3, -0.25) is 4.79 Å². The van der Waals surface area contributed by atoms with E-state index in [2.05, 4.69) is 55.1 Å². The Morgan fingerprint density at radius 2 is 1.71 bits per heavy atom. The van der Waals surface area contributed by atoms with Gasteiger partial charge >= 0.3 is 5.97 Å². The first-order valence-electron chi connectivity index (χ1n) is 8.32. The second-order valence-electron chi connectivity index (χ2n) is 8.93. The first-order chi connectivity index (χ1) is 9.39. The Labute approximate surface area is 133 Å². The highest BCUT2D eigenvalue weighted by atomic mass is 31.1. The van der Waals surface area contributed by atoms with Crippen LogP contribution in [0.3, 0.4) is 0 Å². The van der Waals surface area contributed by atoms with Gasteiger partial charge in [0.25, 0.3) is 0 Å². The van der Waals surface area contributed by atoms with Gasteiger partial charge in [-0.15, -0.1) is 8.58 Å². The van der Waals surface area contributed by atoms with E-state index in [0.29, 0.717) is 14.5 Å². The van der Waals surface area contributed by atoms with Crippen LogP contribution < -0.4 is 0 Å². The van der Waals surface area contributed by atoms with Crippen LogP contribution in [0.4, 0.5) is 0 Å². The Bertz CT molecular complexity index is 370. The third-order valence-electron chi connectivity index (χ3n) is 4.92.